The van der Waals surface area contributed by atoms with E-state index in [0.717, 1.165) is 17.2 Å². The van der Waals surface area contributed by atoms with Gasteiger partial charge < -0.3 is 5.32 Å². The number of nitrogens with one attached hydrogen (secondary N) is 1. The molecule has 2 aromatic carbocycles. The molecule has 1 heterocycles. The molecule has 1 aromatic heterocycles. The van der Waals surface area contributed by atoms with Gasteiger partial charge in [0.2, 0.25) is 0 Å². The summed E-state index contributed by atoms with van der Waals surface area (Å²) in [5, 5.41) is 7.05. The van der Waals surface area contributed by atoms with Crippen LogP contribution < -0.4 is 5.32 Å². The molecule has 0 bridgehead atoms. The molecule has 24 heavy (non-hydrogen) atoms. The first kappa shape index (κ1) is 16.1. The zero-order valence-corrected chi connectivity index (χ0v) is 13.4. The van der Waals surface area contributed by atoms with Crippen molar-refractivity contribution in [2.45, 2.75) is 13.1 Å². The lowest BCUT2D eigenvalue weighted by Gasteiger charge is -2.11. The van der Waals surface area contributed by atoms with Gasteiger partial charge in [0, 0.05) is 11.6 Å². The van der Waals surface area contributed by atoms with E-state index in [0.29, 0.717) is 6.54 Å². The van der Waals surface area contributed by atoms with Crippen molar-refractivity contribution in [3.63, 3.8) is 0 Å². The molecule has 0 unspecified atom stereocenters. The number of amides is 1. The predicted octanol–water partition coefficient (Wildman–Crippen LogP) is 3.05. The first-order valence-corrected chi connectivity index (χ1v) is 7.64. The molecule has 1 N–H and O–H groups in total. The number of aromatic nitrogens is 3. The molecule has 5 nitrogen and oxygen atoms in total. The van der Waals surface area contributed by atoms with E-state index in [1.54, 1.807) is 11.0 Å². The number of hydrogen-bond acceptors (Lipinski definition) is 3. The summed E-state index contributed by atoms with van der Waals surface area (Å²) in [6.45, 7) is 0.827. The van der Waals surface area contributed by atoms with Crippen molar-refractivity contribution in [2.75, 3.05) is 0 Å². The zero-order chi connectivity index (χ0) is 16.9. The van der Waals surface area contributed by atoms with Crippen LogP contribution in [0.3, 0.4) is 0 Å². The van der Waals surface area contributed by atoms with Gasteiger partial charge in [-0.05, 0) is 29.3 Å². The normalized spacial score (nSPS) is 10.6. The van der Waals surface area contributed by atoms with Crippen LogP contribution in [0.1, 0.15) is 21.5 Å². The zero-order valence-electron chi connectivity index (χ0n) is 12.6. The number of hydrogen-bond donors (Lipinski definition) is 1. The maximum Gasteiger partial charge on any atom is 0.254 e. The van der Waals surface area contributed by atoms with E-state index in [1.807, 2.05) is 24.3 Å². The number of benzene rings is 2. The third-order valence-electron chi connectivity index (χ3n) is 3.53. The van der Waals surface area contributed by atoms with E-state index < -0.39 is 11.7 Å². The van der Waals surface area contributed by atoms with Crippen molar-refractivity contribution in [1.29, 1.82) is 0 Å². The smallest absolute Gasteiger partial charge is 0.254 e. The Balaban J connectivity index is 1.71. The molecular formula is C17H14ClFN4O. The van der Waals surface area contributed by atoms with Gasteiger partial charge in [-0.15, -0.1) is 0 Å². The molecule has 3 aromatic rings. The van der Waals surface area contributed by atoms with Crippen LogP contribution in [0.5, 0.6) is 0 Å². The van der Waals surface area contributed by atoms with Gasteiger partial charge >= 0.3 is 0 Å². The second-order valence-electron chi connectivity index (χ2n) is 5.17. The minimum atomic E-state index is -0.643. The molecule has 0 saturated carbocycles. The Kier molecular flexibility index (Phi) is 4.86. The topological polar surface area (TPSA) is 59.8 Å². The van der Waals surface area contributed by atoms with Crippen LogP contribution in [0, 0.1) is 5.82 Å². The molecule has 122 valence electrons. The van der Waals surface area contributed by atoms with Crippen LogP contribution in [0.15, 0.2) is 55.1 Å². The van der Waals surface area contributed by atoms with Gasteiger partial charge in [0.05, 0.1) is 12.1 Å². The van der Waals surface area contributed by atoms with Crippen LogP contribution in [0.2, 0.25) is 5.02 Å². The molecule has 7 heteroatoms. The summed E-state index contributed by atoms with van der Waals surface area (Å²) < 4.78 is 15.5. The van der Waals surface area contributed by atoms with E-state index in [1.165, 1.54) is 18.5 Å². The number of carbonyl (C=O) groups excluding carboxylic acids is 1. The average molecular weight is 345 g/mol. The summed E-state index contributed by atoms with van der Waals surface area (Å²) in [7, 11) is 0. The Hall–Kier alpha value is -2.73. The fourth-order valence-electron chi connectivity index (χ4n) is 2.32. The molecule has 0 atom stereocenters. The molecule has 0 fully saturated rings. The van der Waals surface area contributed by atoms with Gasteiger partial charge in [-0.3, -0.25) is 4.79 Å². The van der Waals surface area contributed by atoms with Crippen LogP contribution >= 0.6 is 11.6 Å². The highest BCUT2D eigenvalue weighted by molar-refractivity contribution is 6.30. The first-order valence-electron chi connectivity index (χ1n) is 7.26. The molecule has 0 aliphatic heterocycles. The Morgan fingerprint density at radius 2 is 2.00 bits per heavy atom. The molecule has 0 spiro atoms. The van der Waals surface area contributed by atoms with Crippen molar-refractivity contribution in [2.24, 2.45) is 0 Å². The molecule has 0 radical (unpaired) electrons. The molecule has 1 amide bonds. The number of rotatable bonds is 5. The fourth-order valence-corrected chi connectivity index (χ4v) is 2.48. The summed E-state index contributed by atoms with van der Waals surface area (Å²) >= 11 is 5.70. The second-order valence-corrected chi connectivity index (χ2v) is 5.61. The third-order valence-corrected chi connectivity index (χ3v) is 3.77. The highest BCUT2D eigenvalue weighted by Crippen LogP contribution is 2.15. The second kappa shape index (κ2) is 7.23. The number of halogens is 2. The Morgan fingerprint density at radius 1 is 1.21 bits per heavy atom. The first-order chi connectivity index (χ1) is 11.6. The van der Waals surface area contributed by atoms with E-state index in [9.17, 15) is 9.18 Å². The number of nitrogens with zero attached hydrogens (tertiary/aromatic N) is 3. The minimum absolute atomic E-state index is 0.0341. The third kappa shape index (κ3) is 3.78. The molecule has 0 saturated heterocycles. The standard InChI is InChI=1S/C17H14ClFN4O/c18-14-5-6-15(16(19)7-14)17(24)21-8-12-3-1-2-4-13(12)9-23-11-20-10-22-23/h1-7,10-11H,8-9H2,(H,21,24). The van der Waals surface area contributed by atoms with Gasteiger partial charge in [-0.2, -0.15) is 5.10 Å². The lowest BCUT2D eigenvalue weighted by molar-refractivity contribution is 0.0947. The van der Waals surface area contributed by atoms with E-state index >= 15 is 0 Å². The minimum Gasteiger partial charge on any atom is -0.348 e. The maximum atomic E-state index is 13.8. The van der Waals surface area contributed by atoms with Gasteiger partial charge in [0.1, 0.15) is 18.5 Å². The van der Waals surface area contributed by atoms with E-state index in [4.69, 9.17) is 11.6 Å². The highest BCUT2D eigenvalue weighted by Gasteiger charge is 2.12. The summed E-state index contributed by atoms with van der Waals surface area (Å²) in [6.07, 6.45) is 3.09. The van der Waals surface area contributed by atoms with Gasteiger partial charge in [-0.1, -0.05) is 35.9 Å². The van der Waals surface area contributed by atoms with Crippen molar-refractivity contribution >= 4 is 17.5 Å². The Morgan fingerprint density at radius 3 is 2.71 bits per heavy atom. The summed E-state index contributed by atoms with van der Waals surface area (Å²) in [5.41, 5.74) is 1.89. The van der Waals surface area contributed by atoms with Crippen LogP contribution in [-0.2, 0) is 13.1 Å². The van der Waals surface area contributed by atoms with Crippen LogP contribution in [-0.4, -0.2) is 20.7 Å². The Labute approximate surface area is 143 Å². The Bertz CT molecular complexity index is 852. The molecule has 0 aliphatic carbocycles. The van der Waals surface area contributed by atoms with Crippen LogP contribution in [0.25, 0.3) is 0 Å². The van der Waals surface area contributed by atoms with Crippen LogP contribution in [0.4, 0.5) is 4.39 Å². The summed E-state index contributed by atoms with van der Waals surface area (Å²) in [6, 6.07) is 11.6. The average Bonchev–Trinajstić information content (AvgIpc) is 3.07. The van der Waals surface area contributed by atoms with E-state index in [2.05, 4.69) is 15.4 Å². The fraction of sp³-hybridized carbons (Fsp3) is 0.118. The number of carbonyl (C=O) groups is 1. The molecular weight excluding hydrogens is 331 g/mol. The lowest BCUT2D eigenvalue weighted by atomic mass is 10.1. The van der Waals surface area contributed by atoms with Gasteiger partial charge in [0.15, 0.2) is 0 Å². The quantitative estimate of drug-likeness (QED) is 0.774. The lowest BCUT2D eigenvalue weighted by Crippen LogP contribution is -2.24. The predicted molar refractivity (Wildman–Crippen MR) is 88.1 cm³/mol. The SMILES string of the molecule is O=C(NCc1ccccc1Cn1cncn1)c1ccc(Cl)cc1F. The summed E-state index contributed by atoms with van der Waals surface area (Å²) in [5.74, 6) is -1.13. The van der Waals surface area contributed by atoms with E-state index in [-0.39, 0.29) is 17.1 Å². The maximum absolute atomic E-state index is 13.8. The van der Waals surface area contributed by atoms with Crippen molar-refractivity contribution < 1.29 is 9.18 Å². The van der Waals surface area contributed by atoms with Crippen molar-refractivity contribution in [3.05, 3.63) is 82.6 Å². The van der Waals surface area contributed by atoms with Crippen molar-refractivity contribution in [3.8, 4) is 0 Å². The largest absolute Gasteiger partial charge is 0.348 e. The monoisotopic (exact) mass is 344 g/mol. The van der Waals surface area contributed by atoms with Crippen molar-refractivity contribution in [1.82, 2.24) is 20.1 Å². The molecule has 3 rings (SSSR count). The van der Waals surface area contributed by atoms with Gasteiger partial charge in [-0.25, -0.2) is 14.1 Å². The molecule has 0 aliphatic rings. The highest BCUT2D eigenvalue weighted by atomic mass is 35.5. The van der Waals surface area contributed by atoms with Gasteiger partial charge in [0.25, 0.3) is 5.91 Å². The summed E-state index contributed by atoms with van der Waals surface area (Å²) in [4.78, 5) is 16.1.